The highest BCUT2D eigenvalue weighted by Crippen LogP contribution is 1.86. The maximum atomic E-state index is 9.28. The van der Waals surface area contributed by atoms with Gasteiger partial charge in [-0.05, 0) is 11.6 Å². The Morgan fingerprint density at radius 2 is 2.40 bits per heavy atom. The minimum Gasteiger partial charge on any atom is -0.795 e. The Hall–Kier alpha value is -0.150. The zero-order chi connectivity index (χ0) is 4.12. The molecule has 30 valence electrons. The molecule has 2 N–H and O–H groups in total. The summed E-state index contributed by atoms with van der Waals surface area (Å²) in [5, 5.41) is 1.26. The van der Waals surface area contributed by atoms with E-state index in [9.17, 15) is 4.55 Å². The van der Waals surface area contributed by atoms with Gasteiger partial charge in [0.2, 0.25) is 0 Å². The molecule has 0 aliphatic carbocycles. The van der Waals surface area contributed by atoms with E-state index >= 15 is 0 Å². The van der Waals surface area contributed by atoms with Gasteiger partial charge >= 0.3 is 0 Å². The SMILES string of the molecule is N/C=C\S[O-]. The monoisotopic (exact) mass is 90.0 g/mol. The van der Waals surface area contributed by atoms with Crippen LogP contribution in [0.5, 0.6) is 0 Å². The lowest BCUT2D eigenvalue weighted by Gasteiger charge is -1.87. The molecule has 0 spiro atoms. The summed E-state index contributed by atoms with van der Waals surface area (Å²) in [7, 11) is 0. The van der Waals surface area contributed by atoms with Gasteiger partial charge in [0, 0.05) is 0 Å². The zero-order valence-electron chi connectivity index (χ0n) is 2.55. The Morgan fingerprint density at radius 1 is 1.80 bits per heavy atom. The molecule has 0 aromatic heterocycles. The van der Waals surface area contributed by atoms with Gasteiger partial charge in [0.05, 0.1) is 0 Å². The van der Waals surface area contributed by atoms with Crippen molar-refractivity contribution in [2.24, 2.45) is 5.73 Å². The molecule has 0 rings (SSSR count). The summed E-state index contributed by atoms with van der Waals surface area (Å²) in [6, 6.07) is 0. The van der Waals surface area contributed by atoms with Crippen LogP contribution in [0.3, 0.4) is 0 Å². The zero-order valence-corrected chi connectivity index (χ0v) is 3.37. The summed E-state index contributed by atoms with van der Waals surface area (Å²) < 4.78 is 9.28. The van der Waals surface area contributed by atoms with Crippen molar-refractivity contribution < 1.29 is 4.55 Å². The predicted octanol–water partition coefficient (Wildman–Crippen LogP) is 0.280. The number of nitrogens with two attached hydrogens (primary N) is 1. The molecule has 0 aliphatic heterocycles. The minimum atomic E-state index is 0.346. The lowest BCUT2D eigenvalue weighted by molar-refractivity contribution is 0.626. The van der Waals surface area contributed by atoms with Crippen molar-refractivity contribution in [3.05, 3.63) is 11.6 Å². The first-order valence-electron chi connectivity index (χ1n) is 1.07. The average Bonchev–Trinajstić information content (AvgIpc) is 1.41. The van der Waals surface area contributed by atoms with E-state index in [0.29, 0.717) is 12.0 Å². The van der Waals surface area contributed by atoms with Crippen molar-refractivity contribution in [2.75, 3.05) is 0 Å². The summed E-state index contributed by atoms with van der Waals surface area (Å²) in [5.74, 6) is 0. The minimum absolute atomic E-state index is 0.346. The fourth-order valence-electron chi connectivity index (χ4n) is 0.0321. The van der Waals surface area contributed by atoms with Crippen LogP contribution in [0.25, 0.3) is 0 Å². The van der Waals surface area contributed by atoms with Crippen LogP contribution in [0.2, 0.25) is 0 Å². The smallest absolute Gasteiger partial charge is 0.000953 e. The Morgan fingerprint density at radius 3 is 2.40 bits per heavy atom. The number of rotatable bonds is 1. The van der Waals surface area contributed by atoms with Gasteiger partial charge in [0.15, 0.2) is 0 Å². The van der Waals surface area contributed by atoms with Crippen LogP contribution in [-0.4, -0.2) is 4.55 Å². The van der Waals surface area contributed by atoms with Gasteiger partial charge in [0.25, 0.3) is 0 Å². The molecule has 0 aliphatic rings. The van der Waals surface area contributed by atoms with E-state index in [0.717, 1.165) is 0 Å². The van der Waals surface area contributed by atoms with Crippen LogP contribution < -0.4 is 5.73 Å². The maximum absolute atomic E-state index is 9.28. The second-order valence-electron chi connectivity index (χ2n) is 0.425. The van der Waals surface area contributed by atoms with Gasteiger partial charge in [-0.2, -0.15) is 0 Å². The molecule has 0 saturated carbocycles. The third-order valence-electron chi connectivity index (χ3n) is 0.134. The molecular formula is C2H4NOS-. The highest BCUT2D eigenvalue weighted by molar-refractivity contribution is 7.96. The van der Waals surface area contributed by atoms with Crippen LogP contribution >= 0.6 is 12.0 Å². The van der Waals surface area contributed by atoms with E-state index in [4.69, 9.17) is 5.73 Å². The number of hydrogen-bond acceptors (Lipinski definition) is 3. The molecule has 0 unspecified atom stereocenters. The van der Waals surface area contributed by atoms with Crippen molar-refractivity contribution >= 4 is 12.0 Å². The molecule has 0 bridgehead atoms. The molecule has 0 aromatic carbocycles. The van der Waals surface area contributed by atoms with E-state index < -0.39 is 0 Å². The van der Waals surface area contributed by atoms with Crippen LogP contribution in [-0.2, 0) is 0 Å². The highest BCUT2D eigenvalue weighted by atomic mass is 32.2. The summed E-state index contributed by atoms with van der Waals surface area (Å²) in [4.78, 5) is 0. The van der Waals surface area contributed by atoms with Crippen LogP contribution in [0.15, 0.2) is 11.6 Å². The van der Waals surface area contributed by atoms with Gasteiger partial charge < -0.3 is 10.3 Å². The summed E-state index contributed by atoms with van der Waals surface area (Å²) in [5.41, 5.74) is 4.74. The first-order valence-corrected chi connectivity index (χ1v) is 1.87. The standard InChI is InChI=1S/C2H5NOS/c3-1-2-5-4/h1-2,4H,3H2/p-1/b2-1-. The Kier molecular flexibility index (Phi) is 3.73. The first-order chi connectivity index (χ1) is 2.41. The third-order valence-corrected chi connectivity index (χ3v) is 0.402. The molecule has 5 heavy (non-hydrogen) atoms. The highest BCUT2D eigenvalue weighted by Gasteiger charge is 1.41. The normalized spacial score (nSPS) is 9.80. The number of hydrogen-bond donors (Lipinski definition) is 1. The van der Waals surface area contributed by atoms with E-state index in [-0.39, 0.29) is 0 Å². The Bertz CT molecular complexity index is 36.6. The first kappa shape index (κ1) is 4.85. The van der Waals surface area contributed by atoms with Gasteiger partial charge in [0.1, 0.15) is 0 Å². The fraction of sp³-hybridized carbons (Fsp3) is 0. The van der Waals surface area contributed by atoms with Crippen LogP contribution in [0.1, 0.15) is 0 Å². The largest absolute Gasteiger partial charge is 0.795 e. The third kappa shape index (κ3) is 3.85. The lowest BCUT2D eigenvalue weighted by Crippen LogP contribution is -1.70. The summed E-state index contributed by atoms with van der Waals surface area (Å²) in [6.45, 7) is 0. The summed E-state index contributed by atoms with van der Waals surface area (Å²) in [6.07, 6.45) is 1.21. The molecule has 0 heterocycles. The maximum Gasteiger partial charge on any atom is -0.000953 e. The van der Waals surface area contributed by atoms with E-state index in [1.165, 1.54) is 11.6 Å². The Labute approximate surface area is 34.9 Å². The molecule has 2 nitrogen and oxygen atoms in total. The van der Waals surface area contributed by atoms with Crippen molar-refractivity contribution in [1.29, 1.82) is 0 Å². The molecule has 0 fully saturated rings. The van der Waals surface area contributed by atoms with Gasteiger partial charge in [-0.3, -0.25) is 0 Å². The van der Waals surface area contributed by atoms with E-state index in [1.54, 1.807) is 0 Å². The average molecular weight is 90.1 g/mol. The quantitative estimate of drug-likeness (QED) is 0.470. The van der Waals surface area contributed by atoms with E-state index in [2.05, 4.69) is 0 Å². The van der Waals surface area contributed by atoms with Crippen LogP contribution in [0, 0.1) is 0 Å². The van der Waals surface area contributed by atoms with Gasteiger partial charge in [-0.15, -0.1) is 0 Å². The molecule has 0 atom stereocenters. The van der Waals surface area contributed by atoms with Crippen molar-refractivity contribution in [1.82, 2.24) is 0 Å². The van der Waals surface area contributed by atoms with E-state index in [1.807, 2.05) is 0 Å². The summed E-state index contributed by atoms with van der Waals surface area (Å²) >= 11 is 0.346. The van der Waals surface area contributed by atoms with Crippen molar-refractivity contribution in [2.45, 2.75) is 0 Å². The molecule has 0 aromatic rings. The Balaban J connectivity index is 2.62. The second-order valence-corrected chi connectivity index (χ2v) is 0.889. The molecule has 0 amide bonds. The van der Waals surface area contributed by atoms with Crippen molar-refractivity contribution in [3.8, 4) is 0 Å². The molecular weight excluding hydrogens is 86.1 g/mol. The van der Waals surface area contributed by atoms with Gasteiger partial charge in [-0.25, -0.2) is 12.0 Å². The lowest BCUT2D eigenvalue weighted by atomic mass is 11.1. The predicted molar refractivity (Wildman–Crippen MR) is 21.7 cm³/mol. The topological polar surface area (TPSA) is 49.1 Å². The molecule has 3 heteroatoms. The second kappa shape index (κ2) is 3.85. The fourth-order valence-corrected chi connectivity index (χ4v) is 0.0962. The van der Waals surface area contributed by atoms with Gasteiger partial charge in [-0.1, -0.05) is 0 Å². The van der Waals surface area contributed by atoms with Crippen LogP contribution in [0.4, 0.5) is 0 Å². The van der Waals surface area contributed by atoms with Crippen molar-refractivity contribution in [3.63, 3.8) is 0 Å². The molecule has 0 radical (unpaired) electrons. The molecule has 0 saturated heterocycles.